The van der Waals surface area contributed by atoms with Gasteiger partial charge in [0.25, 0.3) is 5.92 Å². The molecule has 188 valence electrons. The lowest BCUT2D eigenvalue weighted by atomic mass is 9.53. The maximum atomic E-state index is 15.4. The number of hydrogen-bond donors (Lipinski definition) is 0. The Bertz CT molecular complexity index is 1080. The van der Waals surface area contributed by atoms with Gasteiger partial charge in [0.15, 0.2) is 0 Å². The molecule has 0 aromatic heterocycles. The molecule has 0 aliphatic heterocycles. The lowest BCUT2D eigenvalue weighted by Crippen LogP contribution is -2.47. The van der Waals surface area contributed by atoms with E-state index in [1.54, 1.807) is 0 Å². The van der Waals surface area contributed by atoms with Gasteiger partial charge in [-0.1, -0.05) is 43.3 Å². The molecule has 3 nitrogen and oxygen atoms in total. The molecule has 2 aromatic carbocycles. The third-order valence-electron chi connectivity index (χ3n) is 9.32. The van der Waals surface area contributed by atoms with Crippen LogP contribution in [-0.2, 0) is 22.6 Å². The van der Waals surface area contributed by atoms with Gasteiger partial charge in [0.2, 0.25) is 0 Å². The van der Waals surface area contributed by atoms with Crippen LogP contribution in [0.2, 0.25) is 0 Å². The minimum atomic E-state index is -2.69. The number of aryl methyl sites for hydroxylation is 2. The van der Waals surface area contributed by atoms with E-state index in [0.29, 0.717) is 25.4 Å². The normalized spacial score (nSPS) is 30.7. The molecule has 35 heavy (non-hydrogen) atoms. The molecule has 3 aliphatic rings. The van der Waals surface area contributed by atoms with Gasteiger partial charge in [-0.25, -0.2) is 8.78 Å². The SMILES string of the molecule is COC(=O)CC[C@@H]1CC(F)(F)[C@@]2(C)CC[C@@H]3c4cc(C)c(OCc5ccccc5)cc4CC[C@H]3[C@H]12. The van der Waals surface area contributed by atoms with Crippen LogP contribution in [0, 0.1) is 30.1 Å². The third kappa shape index (κ3) is 4.25. The smallest absolute Gasteiger partial charge is 0.305 e. The molecule has 0 amide bonds. The van der Waals surface area contributed by atoms with Gasteiger partial charge >= 0.3 is 5.97 Å². The van der Waals surface area contributed by atoms with E-state index >= 15 is 8.78 Å². The summed E-state index contributed by atoms with van der Waals surface area (Å²) in [6.07, 6.45) is 3.75. The number of ether oxygens (including phenoxy) is 2. The van der Waals surface area contributed by atoms with E-state index in [-0.39, 0.29) is 36.6 Å². The van der Waals surface area contributed by atoms with Gasteiger partial charge in [-0.2, -0.15) is 0 Å². The molecule has 2 aromatic rings. The molecular weight excluding hydrogens is 446 g/mol. The molecular formula is C30H36F2O3. The standard InChI is InChI=1S/C30H36F2O3/c1-19-15-25-21(16-26(19)35-18-20-7-5-4-6-8-20)9-11-24-23(25)13-14-29(2)28(24)22(17-30(29,31)32)10-12-27(33)34-3/h4-8,15-16,22-24,28H,9-14,17-18H2,1-3H3/t22-,23+,24-,28+,29+/m1/s1. The van der Waals surface area contributed by atoms with Gasteiger partial charge in [-0.15, -0.1) is 0 Å². The summed E-state index contributed by atoms with van der Waals surface area (Å²) in [7, 11) is 1.37. The van der Waals surface area contributed by atoms with Gasteiger partial charge in [0.1, 0.15) is 12.4 Å². The van der Waals surface area contributed by atoms with Crippen molar-refractivity contribution >= 4 is 5.97 Å². The Balaban J connectivity index is 1.39. The molecule has 0 heterocycles. The number of benzene rings is 2. The average Bonchev–Trinajstić information content (AvgIpc) is 3.06. The van der Waals surface area contributed by atoms with Crippen molar-refractivity contribution in [2.45, 2.75) is 77.2 Å². The zero-order valence-electron chi connectivity index (χ0n) is 21.0. The number of rotatable bonds is 6. The topological polar surface area (TPSA) is 35.5 Å². The van der Waals surface area contributed by atoms with Gasteiger partial charge < -0.3 is 9.47 Å². The fourth-order valence-corrected chi connectivity index (χ4v) is 7.53. The predicted octanol–water partition coefficient (Wildman–Crippen LogP) is 7.24. The molecule has 0 bridgehead atoms. The van der Waals surface area contributed by atoms with Crippen LogP contribution in [0.1, 0.15) is 73.6 Å². The first-order valence-electron chi connectivity index (χ1n) is 13.0. The molecule has 0 saturated heterocycles. The Kier molecular flexibility index (Phi) is 6.39. The van der Waals surface area contributed by atoms with E-state index in [1.807, 2.05) is 25.1 Å². The van der Waals surface area contributed by atoms with Crippen LogP contribution >= 0.6 is 0 Å². The lowest BCUT2D eigenvalue weighted by Gasteiger charge is -2.51. The first kappa shape index (κ1) is 24.3. The molecule has 5 rings (SSSR count). The molecule has 3 aliphatic carbocycles. The van der Waals surface area contributed by atoms with Crippen LogP contribution in [0.4, 0.5) is 8.78 Å². The highest BCUT2D eigenvalue weighted by Crippen LogP contribution is 2.68. The number of fused-ring (bicyclic) bond motifs is 5. The molecule has 5 atom stereocenters. The summed E-state index contributed by atoms with van der Waals surface area (Å²) in [6, 6.07) is 14.6. The zero-order chi connectivity index (χ0) is 24.8. The highest BCUT2D eigenvalue weighted by atomic mass is 19.3. The minimum absolute atomic E-state index is 0.0663. The Labute approximate surface area is 207 Å². The number of hydrogen-bond acceptors (Lipinski definition) is 3. The van der Waals surface area contributed by atoms with Crippen molar-refractivity contribution in [3.63, 3.8) is 0 Å². The second-order valence-corrected chi connectivity index (χ2v) is 11.2. The molecule has 2 fully saturated rings. The van der Waals surface area contributed by atoms with Crippen molar-refractivity contribution in [1.82, 2.24) is 0 Å². The van der Waals surface area contributed by atoms with E-state index in [9.17, 15) is 4.79 Å². The summed E-state index contributed by atoms with van der Waals surface area (Å²) in [4.78, 5) is 11.8. The molecule has 5 heteroatoms. The van der Waals surface area contributed by atoms with E-state index in [0.717, 1.165) is 36.1 Å². The maximum Gasteiger partial charge on any atom is 0.305 e. The van der Waals surface area contributed by atoms with Gasteiger partial charge in [0, 0.05) is 18.3 Å². The highest BCUT2D eigenvalue weighted by molar-refractivity contribution is 5.69. The van der Waals surface area contributed by atoms with Crippen LogP contribution in [-0.4, -0.2) is 19.0 Å². The first-order valence-corrected chi connectivity index (χ1v) is 13.0. The largest absolute Gasteiger partial charge is 0.489 e. The summed E-state index contributed by atoms with van der Waals surface area (Å²) in [5.74, 6) is -1.76. The summed E-state index contributed by atoms with van der Waals surface area (Å²) in [5, 5.41) is 0. The second-order valence-electron chi connectivity index (χ2n) is 11.2. The lowest BCUT2D eigenvalue weighted by molar-refractivity contribution is -0.141. The van der Waals surface area contributed by atoms with Crippen LogP contribution in [0.5, 0.6) is 5.75 Å². The first-order chi connectivity index (χ1) is 16.7. The quantitative estimate of drug-likeness (QED) is 0.407. The third-order valence-corrected chi connectivity index (χ3v) is 9.32. The number of esters is 1. The van der Waals surface area contributed by atoms with Crippen LogP contribution < -0.4 is 4.74 Å². The predicted molar refractivity (Wildman–Crippen MR) is 132 cm³/mol. The Morgan fingerprint density at radius 3 is 2.66 bits per heavy atom. The van der Waals surface area contributed by atoms with Gasteiger partial charge in [0.05, 0.1) is 7.11 Å². The van der Waals surface area contributed by atoms with E-state index in [1.165, 1.54) is 18.2 Å². The van der Waals surface area contributed by atoms with Gasteiger partial charge in [-0.05, 0) is 91.0 Å². The maximum absolute atomic E-state index is 15.4. The average molecular weight is 483 g/mol. The highest BCUT2D eigenvalue weighted by Gasteiger charge is 2.67. The molecule has 0 radical (unpaired) electrons. The van der Waals surface area contributed by atoms with E-state index in [2.05, 4.69) is 31.2 Å². The Morgan fingerprint density at radius 2 is 1.91 bits per heavy atom. The summed E-state index contributed by atoms with van der Waals surface area (Å²) < 4.78 is 41.8. The molecule has 2 saturated carbocycles. The second kappa shape index (κ2) is 9.22. The monoisotopic (exact) mass is 482 g/mol. The van der Waals surface area contributed by atoms with Crippen molar-refractivity contribution in [2.75, 3.05) is 7.11 Å². The number of carbonyl (C=O) groups is 1. The number of methoxy groups -OCH3 is 1. The molecule has 0 spiro atoms. The van der Waals surface area contributed by atoms with Crippen LogP contribution in [0.3, 0.4) is 0 Å². The van der Waals surface area contributed by atoms with Crippen LogP contribution in [0.15, 0.2) is 42.5 Å². The summed E-state index contributed by atoms with van der Waals surface area (Å²) >= 11 is 0. The van der Waals surface area contributed by atoms with Crippen molar-refractivity contribution in [2.24, 2.45) is 23.2 Å². The van der Waals surface area contributed by atoms with Gasteiger partial charge in [-0.3, -0.25) is 4.79 Å². The van der Waals surface area contributed by atoms with E-state index < -0.39 is 11.3 Å². The van der Waals surface area contributed by atoms with Crippen LogP contribution in [0.25, 0.3) is 0 Å². The zero-order valence-corrected chi connectivity index (χ0v) is 21.0. The number of halogens is 2. The fourth-order valence-electron chi connectivity index (χ4n) is 7.53. The fraction of sp³-hybridized carbons (Fsp3) is 0.567. The van der Waals surface area contributed by atoms with Crippen molar-refractivity contribution in [3.05, 3.63) is 64.7 Å². The van der Waals surface area contributed by atoms with Crippen molar-refractivity contribution in [3.8, 4) is 5.75 Å². The summed E-state index contributed by atoms with van der Waals surface area (Å²) in [5.41, 5.74) is 3.89. The Hall–Kier alpha value is -2.43. The van der Waals surface area contributed by atoms with Crippen molar-refractivity contribution < 1.29 is 23.0 Å². The summed E-state index contributed by atoms with van der Waals surface area (Å²) in [6.45, 7) is 4.43. The molecule has 0 N–H and O–H groups in total. The number of carbonyl (C=O) groups excluding carboxylic acids is 1. The Morgan fingerprint density at radius 1 is 1.14 bits per heavy atom. The minimum Gasteiger partial charge on any atom is -0.489 e. The number of alkyl halides is 2. The molecule has 0 unspecified atom stereocenters. The van der Waals surface area contributed by atoms with Crippen molar-refractivity contribution in [1.29, 1.82) is 0 Å². The van der Waals surface area contributed by atoms with E-state index in [4.69, 9.17) is 9.47 Å².